The summed E-state index contributed by atoms with van der Waals surface area (Å²) in [6.07, 6.45) is -2.35. The monoisotopic (exact) mass is 305 g/mol. The normalized spacial score (nSPS) is 11.7. The number of rotatable bonds is 9. The van der Waals surface area contributed by atoms with E-state index in [1.165, 1.54) is 30.7 Å². The van der Waals surface area contributed by atoms with Crippen molar-refractivity contribution in [3.05, 3.63) is 24.3 Å². The van der Waals surface area contributed by atoms with E-state index >= 15 is 0 Å². The van der Waals surface area contributed by atoms with Gasteiger partial charge in [0.1, 0.15) is 18.1 Å². The number of halogens is 3. The van der Waals surface area contributed by atoms with E-state index < -0.39 is 6.36 Å². The summed E-state index contributed by atoms with van der Waals surface area (Å²) < 4.78 is 45.1. The molecule has 1 rings (SSSR count). The van der Waals surface area contributed by atoms with Gasteiger partial charge in [-0.15, -0.1) is 13.2 Å². The molecule has 0 heterocycles. The lowest BCUT2D eigenvalue weighted by molar-refractivity contribution is -0.274. The molecule has 0 unspecified atom stereocenters. The second kappa shape index (κ2) is 8.77. The molecule has 6 heteroatoms. The molecule has 120 valence electrons. The van der Waals surface area contributed by atoms with Crippen LogP contribution in [0.4, 0.5) is 13.2 Å². The highest BCUT2D eigenvalue weighted by atomic mass is 19.4. The second-order valence-electron chi connectivity index (χ2n) is 5.15. The van der Waals surface area contributed by atoms with Crippen molar-refractivity contribution in [2.24, 2.45) is 5.92 Å². The van der Waals surface area contributed by atoms with Crippen molar-refractivity contribution in [1.82, 2.24) is 5.32 Å². The maximum atomic E-state index is 12.0. The largest absolute Gasteiger partial charge is 0.573 e. The molecule has 0 aliphatic heterocycles. The number of nitrogens with one attached hydrogen (secondary N) is 1. The first-order valence-electron chi connectivity index (χ1n) is 7.06. The van der Waals surface area contributed by atoms with Crippen LogP contribution in [-0.2, 0) is 0 Å². The third kappa shape index (κ3) is 9.18. The van der Waals surface area contributed by atoms with Gasteiger partial charge in [-0.05, 0) is 49.6 Å². The minimum Gasteiger partial charge on any atom is -0.492 e. The van der Waals surface area contributed by atoms with Gasteiger partial charge in [0, 0.05) is 6.54 Å². The number of hydrogen-bond donors (Lipinski definition) is 1. The van der Waals surface area contributed by atoms with Gasteiger partial charge in [0.2, 0.25) is 0 Å². The van der Waals surface area contributed by atoms with E-state index in [-0.39, 0.29) is 5.75 Å². The van der Waals surface area contributed by atoms with Gasteiger partial charge in [0.15, 0.2) is 0 Å². The Morgan fingerprint density at radius 1 is 1.05 bits per heavy atom. The highest BCUT2D eigenvalue weighted by molar-refractivity contribution is 5.31. The van der Waals surface area contributed by atoms with E-state index in [0.717, 1.165) is 13.0 Å². The Morgan fingerprint density at radius 2 is 1.67 bits per heavy atom. The Labute approximate surface area is 123 Å². The SMILES string of the molecule is CC(C)CCCNCCOc1ccc(OC(F)(F)F)cc1. The molecule has 0 aliphatic rings. The van der Waals surface area contributed by atoms with Gasteiger partial charge in [-0.2, -0.15) is 0 Å². The lowest BCUT2D eigenvalue weighted by atomic mass is 10.1. The Balaban J connectivity index is 2.15. The van der Waals surface area contributed by atoms with E-state index in [2.05, 4.69) is 23.9 Å². The first-order chi connectivity index (χ1) is 9.87. The van der Waals surface area contributed by atoms with Crippen LogP contribution in [-0.4, -0.2) is 26.1 Å². The van der Waals surface area contributed by atoms with E-state index in [4.69, 9.17) is 4.74 Å². The summed E-state index contributed by atoms with van der Waals surface area (Å²) in [4.78, 5) is 0. The standard InChI is InChI=1S/C15H22F3NO2/c1-12(2)4-3-9-19-10-11-20-13-5-7-14(8-6-13)21-15(16,17)18/h5-8,12,19H,3-4,9-11H2,1-2H3. The third-order valence-corrected chi connectivity index (χ3v) is 2.74. The van der Waals surface area contributed by atoms with Gasteiger partial charge in [-0.3, -0.25) is 0 Å². The highest BCUT2D eigenvalue weighted by Crippen LogP contribution is 2.24. The molecule has 0 amide bonds. The molecule has 0 saturated carbocycles. The number of hydrogen-bond acceptors (Lipinski definition) is 3. The predicted molar refractivity (Wildman–Crippen MR) is 75.6 cm³/mol. The topological polar surface area (TPSA) is 30.5 Å². The molecule has 1 N–H and O–H groups in total. The van der Waals surface area contributed by atoms with Crippen molar-refractivity contribution in [3.63, 3.8) is 0 Å². The van der Waals surface area contributed by atoms with Crippen LogP contribution in [0.2, 0.25) is 0 Å². The number of benzene rings is 1. The fraction of sp³-hybridized carbons (Fsp3) is 0.600. The van der Waals surface area contributed by atoms with Gasteiger partial charge in [-0.1, -0.05) is 13.8 Å². The first-order valence-corrected chi connectivity index (χ1v) is 7.06. The highest BCUT2D eigenvalue weighted by Gasteiger charge is 2.30. The van der Waals surface area contributed by atoms with Crippen LogP contribution in [0.5, 0.6) is 11.5 Å². The zero-order valence-corrected chi connectivity index (χ0v) is 12.4. The van der Waals surface area contributed by atoms with Gasteiger partial charge in [0.05, 0.1) is 0 Å². The lowest BCUT2D eigenvalue weighted by Crippen LogP contribution is -2.22. The Morgan fingerprint density at radius 3 is 2.24 bits per heavy atom. The fourth-order valence-electron chi connectivity index (χ4n) is 1.74. The molecule has 1 aromatic rings. The molecule has 0 radical (unpaired) electrons. The molecule has 0 bridgehead atoms. The van der Waals surface area contributed by atoms with Gasteiger partial charge < -0.3 is 14.8 Å². The van der Waals surface area contributed by atoms with Crippen molar-refractivity contribution in [1.29, 1.82) is 0 Å². The zero-order chi connectivity index (χ0) is 15.7. The Hall–Kier alpha value is -1.43. The minimum atomic E-state index is -4.66. The Kier molecular flexibility index (Phi) is 7.36. The number of alkyl halides is 3. The van der Waals surface area contributed by atoms with Gasteiger partial charge in [-0.25, -0.2) is 0 Å². The first kappa shape index (κ1) is 17.6. The Bertz CT molecular complexity index is 391. The molecule has 0 atom stereocenters. The van der Waals surface area contributed by atoms with Crippen molar-refractivity contribution in [2.45, 2.75) is 33.1 Å². The maximum absolute atomic E-state index is 12.0. The van der Waals surface area contributed by atoms with Crippen molar-refractivity contribution < 1.29 is 22.6 Å². The van der Waals surface area contributed by atoms with Crippen LogP contribution < -0.4 is 14.8 Å². The van der Waals surface area contributed by atoms with Crippen LogP contribution in [0.15, 0.2) is 24.3 Å². The molecule has 0 aliphatic carbocycles. The molecule has 0 saturated heterocycles. The lowest BCUT2D eigenvalue weighted by Gasteiger charge is -2.10. The summed E-state index contributed by atoms with van der Waals surface area (Å²) in [7, 11) is 0. The van der Waals surface area contributed by atoms with Crippen molar-refractivity contribution in [3.8, 4) is 11.5 Å². The summed E-state index contributed by atoms with van der Waals surface area (Å²) in [5.41, 5.74) is 0. The molecule has 0 aromatic heterocycles. The molecule has 21 heavy (non-hydrogen) atoms. The van der Waals surface area contributed by atoms with Crippen LogP contribution >= 0.6 is 0 Å². The molecular weight excluding hydrogens is 283 g/mol. The minimum absolute atomic E-state index is 0.248. The molecular formula is C15H22F3NO2. The molecule has 3 nitrogen and oxygen atoms in total. The predicted octanol–water partition coefficient (Wildman–Crippen LogP) is 3.99. The van der Waals surface area contributed by atoms with Crippen molar-refractivity contribution in [2.75, 3.05) is 19.7 Å². The van der Waals surface area contributed by atoms with E-state index in [1.807, 2.05) is 0 Å². The summed E-state index contributed by atoms with van der Waals surface area (Å²) in [6, 6.07) is 5.39. The zero-order valence-electron chi connectivity index (χ0n) is 12.4. The van der Waals surface area contributed by atoms with E-state index in [9.17, 15) is 13.2 Å². The van der Waals surface area contributed by atoms with Crippen molar-refractivity contribution >= 4 is 0 Å². The van der Waals surface area contributed by atoms with Crippen LogP contribution in [0.25, 0.3) is 0 Å². The third-order valence-electron chi connectivity index (χ3n) is 2.74. The fourth-order valence-corrected chi connectivity index (χ4v) is 1.74. The van der Waals surface area contributed by atoms with E-state index in [0.29, 0.717) is 24.8 Å². The summed E-state index contributed by atoms with van der Waals surface area (Å²) in [5.74, 6) is 0.982. The van der Waals surface area contributed by atoms with Crippen LogP contribution in [0.1, 0.15) is 26.7 Å². The van der Waals surface area contributed by atoms with Gasteiger partial charge >= 0.3 is 6.36 Å². The molecule has 0 spiro atoms. The smallest absolute Gasteiger partial charge is 0.492 e. The molecule has 0 fully saturated rings. The second-order valence-corrected chi connectivity index (χ2v) is 5.15. The maximum Gasteiger partial charge on any atom is 0.573 e. The summed E-state index contributed by atoms with van der Waals surface area (Å²) in [5, 5.41) is 3.25. The summed E-state index contributed by atoms with van der Waals surface area (Å²) >= 11 is 0. The van der Waals surface area contributed by atoms with E-state index in [1.54, 1.807) is 0 Å². The van der Waals surface area contributed by atoms with Crippen LogP contribution in [0, 0.1) is 5.92 Å². The van der Waals surface area contributed by atoms with Crippen LogP contribution in [0.3, 0.4) is 0 Å². The average molecular weight is 305 g/mol. The molecule has 1 aromatic carbocycles. The average Bonchev–Trinajstić information content (AvgIpc) is 2.37. The quantitative estimate of drug-likeness (QED) is 0.700. The number of ether oxygens (including phenoxy) is 2. The van der Waals surface area contributed by atoms with Gasteiger partial charge in [0.25, 0.3) is 0 Å². The summed E-state index contributed by atoms with van der Waals surface area (Å²) in [6.45, 7) is 6.50.